The summed E-state index contributed by atoms with van der Waals surface area (Å²) in [6.45, 7) is 7.23. The second-order valence-electron chi connectivity index (χ2n) is 6.04. The zero-order valence-corrected chi connectivity index (χ0v) is 13.0. The average Bonchev–Trinajstić information content (AvgIpc) is 2.93. The van der Waals surface area contributed by atoms with E-state index in [0.717, 1.165) is 25.1 Å². The Kier molecular flexibility index (Phi) is 3.97. The largest absolute Gasteiger partial charge is 0.431 e. The number of benzene rings is 1. The minimum Gasteiger partial charge on any atom is -0.431 e. The van der Waals surface area contributed by atoms with Crippen LogP contribution in [-0.4, -0.2) is 17.1 Å². The van der Waals surface area contributed by atoms with Crippen molar-refractivity contribution in [3.63, 3.8) is 0 Å². The van der Waals surface area contributed by atoms with Gasteiger partial charge in [0, 0.05) is 24.3 Å². The minimum atomic E-state index is 0.407. The van der Waals surface area contributed by atoms with E-state index in [9.17, 15) is 0 Å². The van der Waals surface area contributed by atoms with Crippen LogP contribution in [0.5, 0.6) is 0 Å². The van der Waals surface area contributed by atoms with E-state index >= 15 is 0 Å². The monoisotopic (exact) mass is 285 g/mol. The van der Waals surface area contributed by atoms with Crippen LogP contribution >= 0.6 is 0 Å². The topological polar surface area (TPSA) is 41.3 Å². The van der Waals surface area contributed by atoms with Crippen molar-refractivity contribution in [2.75, 3.05) is 4.90 Å². The lowest BCUT2D eigenvalue weighted by atomic mass is 9.97. The summed E-state index contributed by atoms with van der Waals surface area (Å²) in [5.41, 5.74) is 3.55. The number of aromatic nitrogens is 1. The average molecular weight is 285 g/mol. The fourth-order valence-electron chi connectivity index (χ4n) is 2.78. The predicted molar refractivity (Wildman–Crippen MR) is 84.8 cm³/mol. The first-order chi connectivity index (χ1) is 10.1. The van der Waals surface area contributed by atoms with E-state index in [2.05, 4.69) is 60.2 Å². The fourth-order valence-corrected chi connectivity index (χ4v) is 2.78. The van der Waals surface area contributed by atoms with Gasteiger partial charge in [-0.1, -0.05) is 32.0 Å². The fraction of sp³-hybridized carbons (Fsp3) is 0.471. The Balaban J connectivity index is 1.86. The summed E-state index contributed by atoms with van der Waals surface area (Å²) in [5.74, 6) is 0. The molecule has 1 atom stereocenters. The van der Waals surface area contributed by atoms with Crippen LogP contribution in [0.15, 0.2) is 34.9 Å². The molecule has 1 N–H and O–H groups in total. The molecule has 0 amide bonds. The van der Waals surface area contributed by atoms with Gasteiger partial charge in [0.25, 0.3) is 0 Å². The predicted octanol–water partition coefficient (Wildman–Crippen LogP) is 3.65. The first-order valence-electron chi connectivity index (χ1n) is 7.70. The van der Waals surface area contributed by atoms with Gasteiger partial charge in [-0.15, -0.1) is 0 Å². The van der Waals surface area contributed by atoms with Crippen LogP contribution < -0.4 is 10.2 Å². The van der Waals surface area contributed by atoms with Crippen LogP contribution in [-0.2, 0) is 13.0 Å². The summed E-state index contributed by atoms with van der Waals surface area (Å²) in [6, 6.07) is 10.1. The lowest BCUT2D eigenvalue weighted by Gasteiger charge is -2.33. The maximum Gasteiger partial charge on any atom is 0.302 e. The molecular weight excluding hydrogens is 262 g/mol. The van der Waals surface area contributed by atoms with Crippen LogP contribution in [0.1, 0.15) is 38.4 Å². The Hall–Kier alpha value is -1.81. The Morgan fingerprint density at radius 1 is 1.38 bits per heavy atom. The van der Waals surface area contributed by atoms with Crippen molar-refractivity contribution >= 4 is 11.7 Å². The summed E-state index contributed by atoms with van der Waals surface area (Å²) in [7, 11) is 0. The number of anilines is 2. The molecule has 3 rings (SSSR count). The number of hydrogen-bond donors (Lipinski definition) is 1. The molecule has 112 valence electrons. The van der Waals surface area contributed by atoms with Crippen molar-refractivity contribution < 1.29 is 4.42 Å². The summed E-state index contributed by atoms with van der Waals surface area (Å²) < 4.78 is 5.74. The Morgan fingerprint density at radius 3 is 3.00 bits per heavy atom. The maximum atomic E-state index is 5.74. The third-order valence-corrected chi connectivity index (χ3v) is 3.96. The van der Waals surface area contributed by atoms with E-state index in [1.165, 1.54) is 11.3 Å². The normalized spacial score (nSPS) is 18.1. The molecule has 2 aromatic rings. The number of para-hydroxylation sites is 1. The molecule has 0 spiro atoms. The van der Waals surface area contributed by atoms with Crippen molar-refractivity contribution in [1.82, 2.24) is 10.3 Å². The first kappa shape index (κ1) is 14.1. The van der Waals surface area contributed by atoms with Gasteiger partial charge < -0.3 is 9.73 Å². The number of aryl methyl sites for hydroxylation is 1. The summed E-state index contributed by atoms with van der Waals surface area (Å²) in [4.78, 5) is 6.87. The van der Waals surface area contributed by atoms with E-state index in [4.69, 9.17) is 4.42 Å². The molecule has 0 fully saturated rings. The second kappa shape index (κ2) is 5.90. The van der Waals surface area contributed by atoms with Gasteiger partial charge in [-0.3, -0.25) is 4.90 Å². The summed E-state index contributed by atoms with van der Waals surface area (Å²) >= 11 is 0. The summed E-state index contributed by atoms with van der Waals surface area (Å²) in [5, 5.41) is 3.37. The molecule has 1 aliphatic heterocycles. The van der Waals surface area contributed by atoms with E-state index in [1.54, 1.807) is 6.26 Å². The molecule has 1 unspecified atom stereocenters. The van der Waals surface area contributed by atoms with Crippen LogP contribution in [0.2, 0.25) is 0 Å². The molecule has 21 heavy (non-hydrogen) atoms. The Morgan fingerprint density at radius 2 is 2.19 bits per heavy atom. The first-order valence-corrected chi connectivity index (χ1v) is 7.70. The zero-order valence-electron chi connectivity index (χ0n) is 13.0. The van der Waals surface area contributed by atoms with Gasteiger partial charge >= 0.3 is 6.01 Å². The van der Waals surface area contributed by atoms with Gasteiger partial charge in [0.05, 0.1) is 5.69 Å². The van der Waals surface area contributed by atoms with E-state index in [-0.39, 0.29) is 0 Å². The van der Waals surface area contributed by atoms with Crippen LogP contribution in [0.4, 0.5) is 11.7 Å². The molecule has 0 bridgehead atoms. The minimum absolute atomic E-state index is 0.407. The van der Waals surface area contributed by atoms with Crippen molar-refractivity contribution in [2.24, 2.45) is 0 Å². The van der Waals surface area contributed by atoms with Crippen molar-refractivity contribution in [2.45, 2.75) is 52.2 Å². The molecule has 1 aromatic carbocycles. The van der Waals surface area contributed by atoms with Crippen molar-refractivity contribution in [3.05, 3.63) is 41.8 Å². The van der Waals surface area contributed by atoms with Gasteiger partial charge in [-0.2, -0.15) is 4.98 Å². The third-order valence-electron chi connectivity index (χ3n) is 3.96. The molecule has 1 aliphatic rings. The van der Waals surface area contributed by atoms with Gasteiger partial charge in [0.15, 0.2) is 0 Å². The lowest BCUT2D eigenvalue weighted by Crippen LogP contribution is -2.33. The van der Waals surface area contributed by atoms with E-state index < -0.39 is 0 Å². The maximum absolute atomic E-state index is 5.74. The number of fused-ring (bicyclic) bond motifs is 1. The van der Waals surface area contributed by atoms with E-state index in [1.807, 2.05) is 0 Å². The number of nitrogens with zero attached hydrogens (tertiary/aromatic N) is 2. The quantitative estimate of drug-likeness (QED) is 0.931. The van der Waals surface area contributed by atoms with Crippen LogP contribution in [0, 0.1) is 0 Å². The smallest absolute Gasteiger partial charge is 0.302 e. The van der Waals surface area contributed by atoms with Crippen LogP contribution in [0.25, 0.3) is 0 Å². The van der Waals surface area contributed by atoms with Gasteiger partial charge in [0.1, 0.15) is 6.26 Å². The molecule has 4 nitrogen and oxygen atoms in total. The molecule has 1 aromatic heterocycles. The third kappa shape index (κ3) is 2.95. The number of rotatable bonds is 4. The Labute approximate surface area is 126 Å². The Bertz CT molecular complexity index is 606. The molecule has 2 heterocycles. The highest BCUT2D eigenvalue weighted by Crippen LogP contribution is 2.36. The molecular formula is C17H23N3O. The molecule has 0 saturated heterocycles. The van der Waals surface area contributed by atoms with Gasteiger partial charge in [-0.05, 0) is 31.4 Å². The number of nitrogens with one attached hydrogen (secondary N) is 1. The standard InChI is InChI=1S/C17H23N3O/c1-12(2)18-10-15-11-21-17(19-15)20-13(3)8-9-14-6-4-5-7-16(14)20/h4-7,11-13,18H,8-10H2,1-3H3. The highest BCUT2D eigenvalue weighted by molar-refractivity contribution is 5.63. The van der Waals surface area contributed by atoms with Gasteiger partial charge in [-0.25, -0.2) is 0 Å². The van der Waals surface area contributed by atoms with Gasteiger partial charge in [0.2, 0.25) is 0 Å². The van der Waals surface area contributed by atoms with Crippen LogP contribution in [0.3, 0.4) is 0 Å². The highest BCUT2D eigenvalue weighted by Gasteiger charge is 2.27. The molecule has 0 saturated carbocycles. The summed E-state index contributed by atoms with van der Waals surface area (Å²) in [6.07, 6.45) is 4.00. The second-order valence-corrected chi connectivity index (χ2v) is 6.04. The molecule has 0 radical (unpaired) electrons. The zero-order chi connectivity index (χ0) is 14.8. The van der Waals surface area contributed by atoms with Crippen molar-refractivity contribution in [3.8, 4) is 0 Å². The number of oxazole rings is 1. The molecule has 4 heteroatoms. The van der Waals surface area contributed by atoms with E-state index in [0.29, 0.717) is 18.1 Å². The lowest BCUT2D eigenvalue weighted by molar-refractivity contribution is 0.510. The molecule has 0 aliphatic carbocycles. The highest BCUT2D eigenvalue weighted by atomic mass is 16.4. The van der Waals surface area contributed by atoms with Crippen molar-refractivity contribution in [1.29, 1.82) is 0 Å². The SMILES string of the molecule is CC(C)NCc1coc(N2c3ccccc3CCC2C)n1. The number of hydrogen-bond acceptors (Lipinski definition) is 4.